The van der Waals surface area contributed by atoms with Gasteiger partial charge in [-0.05, 0) is 37.1 Å². The average molecular weight is 377 g/mol. The fourth-order valence-electron chi connectivity index (χ4n) is 2.74. The molecule has 0 atom stereocenters. The van der Waals surface area contributed by atoms with Gasteiger partial charge in [-0.15, -0.1) is 0 Å². The summed E-state index contributed by atoms with van der Waals surface area (Å²) in [6.45, 7) is 0.706. The van der Waals surface area contributed by atoms with Crippen molar-refractivity contribution in [3.63, 3.8) is 0 Å². The van der Waals surface area contributed by atoms with Crippen molar-refractivity contribution in [1.29, 1.82) is 0 Å². The number of aromatic nitrogens is 2. The number of carbonyl (C=O) groups excluding carboxylic acids is 1. The van der Waals surface area contributed by atoms with Crippen molar-refractivity contribution in [1.82, 2.24) is 14.3 Å². The second-order valence-electron chi connectivity index (χ2n) is 5.78. The molecule has 0 radical (unpaired) electrons. The fraction of sp³-hybridized carbons (Fsp3) is 0.353. The molecule has 138 valence electrons. The van der Waals surface area contributed by atoms with Crippen molar-refractivity contribution < 1.29 is 22.7 Å². The maximum absolute atomic E-state index is 12.7. The van der Waals surface area contributed by atoms with Crippen LogP contribution < -0.4 is 4.74 Å². The summed E-state index contributed by atoms with van der Waals surface area (Å²) in [7, 11) is -2.33. The van der Waals surface area contributed by atoms with Gasteiger partial charge in [0, 0.05) is 25.5 Å². The zero-order chi connectivity index (χ0) is 18.6. The summed E-state index contributed by atoms with van der Waals surface area (Å²) in [5, 5.41) is 0. The summed E-state index contributed by atoms with van der Waals surface area (Å²) in [4.78, 5) is 19.6. The number of hydrogen-bond donors (Lipinski definition) is 0. The molecular formula is C17H19N3O5S. The maximum Gasteiger partial charge on any atom is 0.337 e. The van der Waals surface area contributed by atoms with Gasteiger partial charge in [-0.2, -0.15) is 4.31 Å². The van der Waals surface area contributed by atoms with E-state index in [-0.39, 0.29) is 11.0 Å². The first-order valence-electron chi connectivity index (χ1n) is 8.12. The summed E-state index contributed by atoms with van der Waals surface area (Å²) in [6.07, 6.45) is 5.68. The lowest BCUT2D eigenvalue weighted by Gasteiger charge is -2.31. The Morgan fingerprint density at radius 1 is 1.15 bits per heavy atom. The third kappa shape index (κ3) is 4.00. The van der Waals surface area contributed by atoms with Gasteiger partial charge in [0.2, 0.25) is 15.9 Å². The number of hydrogen-bond acceptors (Lipinski definition) is 7. The summed E-state index contributed by atoms with van der Waals surface area (Å²) in [6, 6.07) is 5.73. The highest BCUT2D eigenvalue weighted by atomic mass is 32.2. The van der Waals surface area contributed by atoms with Crippen LogP contribution in [0.3, 0.4) is 0 Å². The molecule has 0 amide bonds. The van der Waals surface area contributed by atoms with E-state index < -0.39 is 16.0 Å². The zero-order valence-corrected chi connectivity index (χ0v) is 15.1. The maximum atomic E-state index is 12.7. The van der Waals surface area contributed by atoms with Gasteiger partial charge >= 0.3 is 5.97 Å². The van der Waals surface area contributed by atoms with E-state index in [1.165, 1.54) is 41.9 Å². The number of rotatable bonds is 5. The van der Waals surface area contributed by atoms with Gasteiger partial charge < -0.3 is 9.47 Å². The third-order valence-electron chi connectivity index (χ3n) is 4.14. The number of carbonyl (C=O) groups is 1. The molecule has 0 aliphatic carbocycles. The van der Waals surface area contributed by atoms with E-state index in [0.717, 1.165) is 0 Å². The van der Waals surface area contributed by atoms with Crippen LogP contribution in [0.4, 0.5) is 0 Å². The largest absolute Gasteiger partial charge is 0.473 e. The molecule has 0 bridgehead atoms. The topological polar surface area (TPSA) is 98.7 Å². The quantitative estimate of drug-likeness (QED) is 0.728. The van der Waals surface area contributed by atoms with Crippen LogP contribution in [0.1, 0.15) is 23.2 Å². The highest BCUT2D eigenvalue weighted by Crippen LogP contribution is 2.23. The van der Waals surface area contributed by atoms with Gasteiger partial charge in [0.1, 0.15) is 6.10 Å². The summed E-state index contributed by atoms with van der Waals surface area (Å²) in [5.41, 5.74) is 0.308. The SMILES string of the molecule is COC(=O)c1ccc(S(=O)(=O)N2CCC(Oc3cnccn3)CC2)cc1. The molecule has 1 aliphatic heterocycles. The van der Waals surface area contributed by atoms with E-state index in [2.05, 4.69) is 14.7 Å². The molecule has 2 aromatic rings. The Hall–Kier alpha value is -2.52. The molecule has 0 spiro atoms. The van der Waals surface area contributed by atoms with Crippen LogP contribution in [0.2, 0.25) is 0 Å². The molecule has 8 nitrogen and oxygen atoms in total. The van der Waals surface area contributed by atoms with Crippen LogP contribution in [0, 0.1) is 0 Å². The first kappa shape index (κ1) is 18.3. The summed E-state index contributed by atoms with van der Waals surface area (Å²) in [5.74, 6) is -0.0665. The standard InChI is InChI=1S/C17H19N3O5S/c1-24-17(21)13-2-4-15(5-3-13)26(22,23)20-10-6-14(7-11-20)25-16-12-18-8-9-19-16/h2-5,8-9,12,14H,6-7,10-11H2,1H3. The van der Waals surface area contributed by atoms with E-state index in [1.807, 2.05) is 0 Å². The Morgan fingerprint density at radius 2 is 1.85 bits per heavy atom. The molecule has 1 aromatic carbocycles. The molecule has 9 heteroatoms. The monoisotopic (exact) mass is 377 g/mol. The Balaban J connectivity index is 1.63. The average Bonchev–Trinajstić information content (AvgIpc) is 2.68. The lowest BCUT2D eigenvalue weighted by atomic mass is 10.1. The van der Waals surface area contributed by atoms with Gasteiger partial charge in [0.25, 0.3) is 0 Å². The van der Waals surface area contributed by atoms with Crippen LogP contribution in [0.5, 0.6) is 5.88 Å². The lowest BCUT2D eigenvalue weighted by Crippen LogP contribution is -2.41. The van der Waals surface area contributed by atoms with E-state index in [4.69, 9.17) is 4.74 Å². The second-order valence-corrected chi connectivity index (χ2v) is 7.72. The van der Waals surface area contributed by atoms with Crippen molar-refractivity contribution in [3.05, 3.63) is 48.4 Å². The minimum Gasteiger partial charge on any atom is -0.473 e. The van der Waals surface area contributed by atoms with Crippen molar-refractivity contribution >= 4 is 16.0 Å². The molecule has 1 aromatic heterocycles. The zero-order valence-electron chi connectivity index (χ0n) is 14.2. The smallest absolute Gasteiger partial charge is 0.337 e. The number of piperidine rings is 1. The first-order valence-corrected chi connectivity index (χ1v) is 9.56. The molecule has 1 aliphatic rings. The van der Waals surface area contributed by atoms with Crippen molar-refractivity contribution in [2.45, 2.75) is 23.8 Å². The summed E-state index contributed by atoms with van der Waals surface area (Å²) < 4.78 is 37.3. The predicted molar refractivity (Wildman–Crippen MR) is 92.2 cm³/mol. The lowest BCUT2D eigenvalue weighted by molar-refractivity contribution is 0.0600. The van der Waals surface area contributed by atoms with E-state index in [9.17, 15) is 13.2 Å². The number of benzene rings is 1. The number of nitrogens with zero attached hydrogens (tertiary/aromatic N) is 3. The Bertz CT molecular complexity index is 848. The van der Waals surface area contributed by atoms with Gasteiger partial charge in [0.15, 0.2) is 0 Å². The van der Waals surface area contributed by atoms with Crippen LogP contribution in [-0.4, -0.2) is 55.0 Å². The first-order chi connectivity index (χ1) is 12.5. The van der Waals surface area contributed by atoms with Crippen LogP contribution in [0.25, 0.3) is 0 Å². The van der Waals surface area contributed by atoms with Crippen molar-refractivity contribution in [3.8, 4) is 5.88 Å². The minimum atomic E-state index is -3.61. The molecule has 0 unspecified atom stereocenters. The Morgan fingerprint density at radius 3 is 2.42 bits per heavy atom. The highest BCUT2D eigenvalue weighted by molar-refractivity contribution is 7.89. The summed E-state index contributed by atoms with van der Waals surface area (Å²) >= 11 is 0. The number of ether oxygens (including phenoxy) is 2. The number of methoxy groups -OCH3 is 1. The van der Waals surface area contributed by atoms with E-state index in [0.29, 0.717) is 37.4 Å². The molecule has 0 saturated carbocycles. The molecule has 26 heavy (non-hydrogen) atoms. The normalized spacial score (nSPS) is 16.2. The van der Waals surface area contributed by atoms with E-state index in [1.54, 1.807) is 12.4 Å². The predicted octanol–water partition coefficient (Wildman–Crippen LogP) is 1.50. The molecule has 1 fully saturated rings. The fourth-order valence-corrected chi connectivity index (χ4v) is 4.21. The van der Waals surface area contributed by atoms with Gasteiger partial charge in [-0.1, -0.05) is 0 Å². The van der Waals surface area contributed by atoms with Gasteiger partial charge in [-0.25, -0.2) is 18.2 Å². The third-order valence-corrected chi connectivity index (χ3v) is 6.05. The van der Waals surface area contributed by atoms with Crippen LogP contribution in [-0.2, 0) is 14.8 Å². The molecular weight excluding hydrogens is 358 g/mol. The highest BCUT2D eigenvalue weighted by Gasteiger charge is 2.30. The molecule has 0 N–H and O–H groups in total. The van der Waals surface area contributed by atoms with Gasteiger partial charge in [0.05, 0.1) is 23.8 Å². The van der Waals surface area contributed by atoms with Crippen molar-refractivity contribution in [2.24, 2.45) is 0 Å². The molecule has 2 heterocycles. The Labute approximate surface area is 151 Å². The van der Waals surface area contributed by atoms with Crippen molar-refractivity contribution in [2.75, 3.05) is 20.2 Å². The molecule has 3 rings (SSSR count). The number of sulfonamides is 1. The molecule has 1 saturated heterocycles. The minimum absolute atomic E-state index is 0.0974. The second kappa shape index (κ2) is 7.79. The van der Waals surface area contributed by atoms with Crippen LogP contribution >= 0.6 is 0 Å². The van der Waals surface area contributed by atoms with Crippen LogP contribution in [0.15, 0.2) is 47.8 Å². The Kier molecular flexibility index (Phi) is 5.48. The van der Waals surface area contributed by atoms with Gasteiger partial charge in [-0.3, -0.25) is 4.98 Å². The van der Waals surface area contributed by atoms with E-state index >= 15 is 0 Å². The number of esters is 1.